The molecule has 0 radical (unpaired) electrons. The van der Waals surface area contributed by atoms with Gasteiger partial charge in [-0.05, 0) is 73.5 Å². The number of fused-ring (bicyclic) bond motifs is 1. The first-order valence-corrected chi connectivity index (χ1v) is 13.4. The van der Waals surface area contributed by atoms with Crippen LogP contribution in [0.1, 0.15) is 24.0 Å². The van der Waals surface area contributed by atoms with Gasteiger partial charge in [-0.15, -0.1) is 21.5 Å². The average molecular weight is 508 g/mol. The Balaban J connectivity index is 1.11. The van der Waals surface area contributed by atoms with Crippen LogP contribution in [-0.4, -0.2) is 57.6 Å². The van der Waals surface area contributed by atoms with Gasteiger partial charge in [0.25, 0.3) is 0 Å². The fourth-order valence-corrected chi connectivity index (χ4v) is 6.87. The molecule has 2 fully saturated rings. The first-order valence-electron chi connectivity index (χ1n) is 11.5. The van der Waals surface area contributed by atoms with Crippen molar-refractivity contribution in [1.82, 2.24) is 19.7 Å². The van der Waals surface area contributed by atoms with E-state index in [1.54, 1.807) is 35.2 Å². The Bertz CT molecular complexity index is 1120. The van der Waals surface area contributed by atoms with E-state index in [1.165, 1.54) is 22.6 Å². The summed E-state index contributed by atoms with van der Waals surface area (Å²) in [5.74, 6) is 2.49. The zero-order valence-corrected chi connectivity index (χ0v) is 20.9. The standard InChI is InChI=1S/C24H28F3N5S2/c1-16-9-13-33-21(16)22-28-29-23(30(22)2)34-12-3-10-31-14-17-8-11-32(20(17)15-31)19-6-4-18(5-7-19)24(25,26)27/h4-7,9,13,17,20H,3,8,10-12,14-15H2,1-2H3. The second-order valence-corrected chi connectivity index (χ2v) is 11.1. The predicted octanol–water partition coefficient (Wildman–Crippen LogP) is 5.56. The number of aromatic nitrogens is 3. The largest absolute Gasteiger partial charge is 0.416 e. The molecule has 0 saturated carbocycles. The molecule has 0 bridgehead atoms. The van der Waals surface area contributed by atoms with Crippen LogP contribution >= 0.6 is 23.1 Å². The Morgan fingerprint density at radius 2 is 1.91 bits per heavy atom. The summed E-state index contributed by atoms with van der Waals surface area (Å²) in [4.78, 5) is 5.97. The van der Waals surface area contributed by atoms with E-state index in [-0.39, 0.29) is 0 Å². The van der Waals surface area contributed by atoms with Crippen molar-refractivity contribution >= 4 is 28.8 Å². The van der Waals surface area contributed by atoms with Crippen LogP contribution in [-0.2, 0) is 13.2 Å². The molecule has 182 valence electrons. The molecular weight excluding hydrogens is 479 g/mol. The first kappa shape index (κ1) is 23.7. The Morgan fingerprint density at radius 3 is 2.62 bits per heavy atom. The number of thioether (sulfide) groups is 1. The third kappa shape index (κ3) is 4.72. The van der Waals surface area contributed by atoms with E-state index >= 15 is 0 Å². The highest BCUT2D eigenvalue weighted by Gasteiger charge is 2.41. The van der Waals surface area contributed by atoms with Crippen LogP contribution in [0.25, 0.3) is 10.7 Å². The minimum atomic E-state index is -4.29. The molecule has 0 aliphatic carbocycles. The Hall–Kier alpha value is -2.04. The summed E-state index contributed by atoms with van der Waals surface area (Å²) in [6.07, 6.45) is -2.13. The van der Waals surface area contributed by atoms with Crippen LogP contribution in [0.15, 0.2) is 40.9 Å². The fourth-order valence-electron chi connectivity index (χ4n) is 5.09. The second-order valence-electron chi connectivity index (χ2n) is 9.11. The summed E-state index contributed by atoms with van der Waals surface area (Å²) in [7, 11) is 2.02. The van der Waals surface area contributed by atoms with Gasteiger partial charge in [0.15, 0.2) is 11.0 Å². The maximum absolute atomic E-state index is 12.9. The molecule has 0 N–H and O–H groups in total. The highest BCUT2D eigenvalue weighted by molar-refractivity contribution is 7.99. The van der Waals surface area contributed by atoms with Gasteiger partial charge < -0.3 is 14.4 Å². The normalized spacial score (nSPS) is 20.9. The number of anilines is 1. The lowest BCUT2D eigenvalue weighted by atomic mass is 10.0. The monoisotopic (exact) mass is 507 g/mol. The number of rotatable bonds is 7. The molecule has 0 amide bonds. The number of aryl methyl sites for hydroxylation is 1. The smallest absolute Gasteiger partial charge is 0.367 e. The third-order valence-corrected chi connectivity index (χ3v) is 9.02. The van der Waals surface area contributed by atoms with E-state index < -0.39 is 11.7 Å². The zero-order chi connectivity index (χ0) is 23.9. The second kappa shape index (κ2) is 9.54. The molecule has 1 aromatic carbocycles. The summed E-state index contributed by atoms with van der Waals surface area (Å²) in [6, 6.07) is 8.13. The molecule has 2 saturated heterocycles. The Labute approximate surface area is 206 Å². The lowest BCUT2D eigenvalue weighted by Gasteiger charge is -2.27. The predicted molar refractivity (Wildman–Crippen MR) is 132 cm³/mol. The van der Waals surface area contributed by atoms with Crippen LogP contribution in [0.3, 0.4) is 0 Å². The summed E-state index contributed by atoms with van der Waals surface area (Å²) >= 11 is 3.43. The third-order valence-electron chi connectivity index (χ3n) is 6.90. The SMILES string of the molecule is Cc1ccsc1-c1nnc(SCCCN2CC3CCN(c4ccc(C(F)(F)F)cc4)C3C2)n1C. The molecule has 4 heterocycles. The number of thiophene rings is 1. The number of hydrogen-bond donors (Lipinski definition) is 0. The molecule has 2 unspecified atom stereocenters. The van der Waals surface area contributed by atoms with Gasteiger partial charge in [0.2, 0.25) is 0 Å². The number of hydrogen-bond acceptors (Lipinski definition) is 6. The molecule has 0 spiro atoms. The van der Waals surface area contributed by atoms with Gasteiger partial charge in [-0.25, -0.2) is 0 Å². The Kier molecular flexibility index (Phi) is 6.65. The molecule has 10 heteroatoms. The van der Waals surface area contributed by atoms with Gasteiger partial charge in [0.1, 0.15) is 0 Å². The summed E-state index contributed by atoms with van der Waals surface area (Å²) in [5.41, 5.74) is 1.54. The van der Waals surface area contributed by atoms with E-state index in [4.69, 9.17) is 0 Å². The van der Waals surface area contributed by atoms with Gasteiger partial charge in [-0.3, -0.25) is 0 Å². The molecular formula is C24H28F3N5S2. The molecule has 2 atom stereocenters. The van der Waals surface area contributed by atoms with Crippen LogP contribution in [0.5, 0.6) is 0 Å². The van der Waals surface area contributed by atoms with E-state index in [1.807, 2.05) is 7.05 Å². The van der Waals surface area contributed by atoms with Crippen molar-refractivity contribution in [2.45, 2.75) is 37.1 Å². The van der Waals surface area contributed by atoms with Gasteiger partial charge in [-0.2, -0.15) is 13.2 Å². The topological polar surface area (TPSA) is 37.2 Å². The molecule has 2 aliphatic rings. The van der Waals surface area contributed by atoms with Gasteiger partial charge in [-0.1, -0.05) is 11.8 Å². The number of alkyl halides is 3. The number of likely N-dealkylation sites (tertiary alicyclic amines) is 1. The van der Waals surface area contributed by atoms with Gasteiger partial charge in [0, 0.05) is 44.2 Å². The van der Waals surface area contributed by atoms with Crippen molar-refractivity contribution < 1.29 is 13.2 Å². The van der Waals surface area contributed by atoms with E-state index in [2.05, 4.69) is 42.9 Å². The summed E-state index contributed by atoms with van der Waals surface area (Å²) < 4.78 is 40.8. The van der Waals surface area contributed by atoms with Crippen LogP contribution in [0.4, 0.5) is 18.9 Å². The van der Waals surface area contributed by atoms with Crippen molar-refractivity contribution in [3.05, 3.63) is 46.8 Å². The quantitative estimate of drug-likeness (QED) is 0.309. The lowest BCUT2D eigenvalue weighted by Crippen LogP contribution is -2.35. The summed E-state index contributed by atoms with van der Waals surface area (Å²) in [6.45, 7) is 6.08. The highest BCUT2D eigenvalue weighted by Crippen LogP contribution is 2.37. The molecule has 5 rings (SSSR count). The van der Waals surface area contributed by atoms with E-state index in [0.717, 1.165) is 61.4 Å². The van der Waals surface area contributed by atoms with Crippen LogP contribution in [0, 0.1) is 12.8 Å². The van der Waals surface area contributed by atoms with Crippen LogP contribution in [0.2, 0.25) is 0 Å². The highest BCUT2D eigenvalue weighted by atomic mass is 32.2. The lowest BCUT2D eigenvalue weighted by molar-refractivity contribution is -0.137. The van der Waals surface area contributed by atoms with Crippen molar-refractivity contribution in [3.63, 3.8) is 0 Å². The molecule has 34 heavy (non-hydrogen) atoms. The minimum absolute atomic E-state index is 0.389. The van der Waals surface area contributed by atoms with Gasteiger partial charge >= 0.3 is 6.18 Å². The minimum Gasteiger partial charge on any atom is -0.367 e. The molecule has 2 aliphatic heterocycles. The molecule has 2 aromatic heterocycles. The van der Waals surface area contributed by atoms with Gasteiger partial charge in [0.05, 0.1) is 10.4 Å². The summed E-state index contributed by atoms with van der Waals surface area (Å²) in [5, 5.41) is 11.8. The number of halogens is 3. The van der Waals surface area contributed by atoms with E-state index in [9.17, 15) is 13.2 Å². The molecule has 5 nitrogen and oxygen atoms in total. The van der Waals surface area contributed by atoms with Crippen molar-refractivity contribution in [2.75, 3.05) is 36.8 Å². The Morgan fingerprint density at radius 1 is 1.12 bits per heavy atom. The maximum atomic E-state index is 12.9. The fraction of sp³-hybridized carbons (Fsp3) is 0.500. The van der Waals surface area contributed by atoms with Crippen molar-refractivity contribution in [3.8, 4) is 10.7 Å². The zero-order valence-electron chi connectivity index (χ0n) is 19.3. The average Bonchev–Trinajstić information content (AvgIpc) is 3.56. The van der Waals surface area contributed by atoms with Crippen molar-refractivity contribution in [2.24, 2.45) is 13.0 Å². The van der Waals surface area contributed by atoms with Crippen LogP contribution < -0.4 is 4.90 Å². The molecule has 3 aromatic rings. The van der Waals surface area contributed by atoms with E-state index in [0.29, 0.717) is 12.0 Å². The first-order chi connectivity index (χ1) is 16.3. The van der Waals surface area contributed by atoms with Crippen molar-refractivity contribution in [1.29, 1.82) is 0 Å². The number of nitrogens with zero attached hydrogens (tertiary/aromatic N) is 5. The number of benzene rings is 1. The maximum Gasteiger partial charge on any atom is 0.416 e.